The van der Waals surface area contributed by atoms with Crippen molar-refractivity contribution in [1.82, 2.24) is 9.80 Å². The summed E-state index contributed by atoms with van der Waals surface area (Å²) in [6.45, 7) is 10.4. The molecule has 0 saturated heterocycles. The van der Waals surface area contributed by atoms with Gasteiger partial charge in [-0.25, -0.2) is 0 Å². The minimum absolute atomic E-state index is 0.190. The molecule has 0 aliphatic carbocycles. The highest BCUT2D eigenvalue weighted by molar-refractivity contribution is 5.70. The van der Waals surface area contributed by atoms with Crippen LogP contribution in [-0.2, 0) is 31.9 Å². The highest BCUT2D eigenvalue weighted by atomic mass is 16.5. The van der Waals surface area contributed by atoms with Gasteiger partial charge in [0.1, 0.15) is 0 Å². The molecule has 0 radical (unpaired) electrons. The van der Waals surface area contributed by atoms with Crippen molar-refractivity contribution in [1.29, 1.82) is 0 Å². The second-order valence-corrected chi connectivity index (χ2v) is 8.99. The second kappa shape index (κ2) is 18.6. The molecule has 198 valence electrons. The van der Waals surface area contributed by atoms with Gasteiger partial charge >= 0.3 is 11.9 Å². The van der Waals surface area contributed by atoms with Gasteiger partial charge in [0, 0.05) is 25.9 Å². The first-order valence-corrected chi connectivity index (χ1v) is 13.4. The Balaban J connectivity index is 1.71. The Morgan fingerprint density at radius 2 is 1.03 bits per heavy atom. The summed E-state index contributed by atoms with van der Waals surface area (Å²) in [4.78, 5) is 29.2. The van der Waals surface area contributed by atoms with Crippen molar-refractivity contribution in [3.8, 4) is 0 Å². The van der Waals surface area contributed by atoms with E-state index in [0.29, 0.717) is 39.1 Å². The Morgan fingerprint density at radius 1 is 0.611 bits per heavy atom. The molecule has 2 aromatic carbocycles. The van der Waals surface area contributed by atoms with Crippen LogP contribution in [0.25, 0.3) is 0 Å². The number of carbonyl (C=O) groups excluding carboxylic acids is 2. The molecule has 0 atom stereocenters. The maximum Gasteiger partial charge on any atom is 0.307 e. The minimum atomic E-state index is -0.190. The van der Waals surface area contributed by atoms with Gasteiger partial charge in [-0.1, -0.05) is 74.5 Å². The molecule has 0 bridgehead atoms. The van der Waals surface area contributed by atoms with Crippen molar-refractivity contribution >= 4 is 11.9 Å². The average molecular weight is 497 g/mol. The predicted octanol–water partition coefficient (Wildman–Crippen LogP) is 4.76. The first kappa shape index (κ1) is 29.5. The van der Waals surface area contributed by atoms with E-state index in [1.54, 1.807) is 0 Å². The highest BCUT2D eigenvalue weighted by Gasteiger charge is 2.13. The number of rotatable bonds is 19. The molecule has 6 nitrogen and oxygen atoms in total. The van der Waals surface area contributed by atoms with Crippen LogP contribution in [0.1, 0.15) is 50.7 Å². The zero-order chi connectivity index (χ0) is 25.8. The molecule has 0 aliphatic heterocycles. The van der Waals surface area contributed by atoms with Gasteiger partial charge in [0.05, 0.1) is 26.1 Å². The van der Waals surface area contributed by atoms with Gasteiger partial charge in [0.2, 0.25) is 0 Å². The first-order chi connectivity index (χ1) is 17.6. The van der Waals surface area contributed by atoms with Crippen LogP contribution in [0.3, 0.4) is 0 Å². The SMILES string of the molecule is CCN(CC)CCCCN(CCC(=O)OCCc1ccccc1)CCC(=O)OCCc1ccccc1. The summed E-state index contributed by atoms with van der Waals surface area (Å²) < 4.78 is 10.9. The van der Waals surface area contributed by atoms with Gasteiger partial charge in [-0.15, -0.1) is 0 Å². The maximum atomic E-state index is 12.3. The molecule has 0 N–H and O–H groups in total. The lowest BCUT2D eigenvalue weighted by molar-refractivity contribution is -0.144. The Hall–Kier alpha value is -2.70. The Kier molecular flexibility index (Phi) is 15.2. The summed E-state index contributed by atoms with van der Waals surface area (Å²) in [5.41, 5.74) is 2.32. The van der Waals surface area contributed by atoms with Crippen molar-refractivity contribution in [3.63, 3.8) is 0 Å². The molecule has 0 unspecified atom stereocenters. The largest absolute Gasteiger partial charge is 0.465 e. The molecule has 0 fully saturated rings. The summed E-state index contributed by atoms with van der Waals surface area (Å²) in [5, 5.41) is 0. The van der Waals surface area contributed by atoms with E-state index < -0.39 is 0 Å². The summed E-state index contributed by atoms with van der Waals surface area (Å²) >= 11 is 0. The zero-order valence-corrected chi connectivity index (χ0v) is 22.2. The van der Waals surface area contributed by atoms with E-state index in [9.17, 15) is 9.59 Å². The zero-order valence-electron chi connectivity index (χ0n) is 22.2. The monoisotopic (exact) mass is 496 g/mol. The van der Waals surface area contributed by atoms with Crippen LogP contribution in [0, 0.1) is 0 Å². The van der Waals surface area contributed by atoms with Gasteiger partial charge in [-0.05, 0) is 50.1 Å². The third kappa shape index (κ3) is 13.4. The van der Waals surface area contributed by atoms with Crippen molar-refractivity contribution in [2.24, 2.45) is 0 Å². The lowest BCUT2D eigenvalue weighted by Crippen LogP contribution is -2.31. The Morgan fingerprint density at radius 3 is 1.44 bits per heavy atom. The van der Waals surface area contributed by atoms with E-state index in [4.69, 9.17) is 9.47 Å². The summed E-state index contributed by atoms with van der Waals surface area (Å²) in [6.07, 6.45) is 4.22. The molecule has 0 aromatic heterocycles. The average Bonchev–Trinajstić information content (AvgIpc) is 2.91. The number of unbranched alkanes of at least 4 members (excludes halogenated alkanes) is 1. The third-order valence-electron chi connectivity index (χ3n) is 6.35. The maximum absolute atomic E-state index is 12.3. The van der Waals surface area contributed by atoms with Crippen LogP contribution in [-0.4, -0.2) is 74.2 Å². The minimum Gasteiger partial charge on any atom is -0.465 e. The van der Waals surface area contributed by atoms with Crippen molar-refractivity contribution in [2.75, 3.05) is 52.5 Å². The molecule has 2 aromatic rings. The highest BCUT2D eigenvalue weighted by Crippen LogP contribution is 2.05. The van der Waals surface area contributed by atoms with Gasteiger partial charge in [0.25, 0.3) is 0 Å². The number of hydrogen-bond acceptors (Lipinski definition) is 6. The van der Waals surface area contributed by atoms with Crippen LogP contribution in [0.2, 0.25) is 0 Å². The molecule has 2 rings (SSSR count). The smallest absolute Gasteiger partial charge is 0.307 e. The first-order valence-electron chi connectivity index (χ1n) is 13.4. The number of ether oxygens (including phenoxy) is 2. The van der Waals surface area contributed by atoms with Gasteiger partial charge < -0.3 is 19.3 Å². The van der Waals surface area contributed by atoms with E-state index in [-0.39, 0.29) is 11.9 Å². The number of carbonyl (C=O) groups is 2. The van der Waals surface area contributed by atoms with E-state index in [2.05, 4.69) is 23.6 Å². The van der Waals surface area contributed by atoms with E-state index in [1.807, 2.05) is 60.7 Å². The second-order valence-electron chi connectivity index (χ2n) is 8.99. The molecule has 0 aliphatic rings. The predicted molar refractivity (Wildman–Crippen MR) is 145 cm³/mol. The van der Waals surface area contributed by atoms with Crippen LogP contribution < -0.4 is 0 Å². The summed E-state index contributed by atoms with van der Waals surface area (Å²) in [7, 11) is 0. The number of hydrogen-bond donors (Lipinski definition) is 0. The molecular weight excluding hydrogens is 452 g/mol. The Bertz CT molecular complexity index is 779. The van der Waals surface area contributed by atoms with Crippen LogP contribution in [0.5, 0.6) is 0 Å². The van der Waals surface area contributed by atoms with E-state index in [1.165, 1.54) is 0 Å². The van der Waals surface area contributed by atoms with Gasteiger partial charge in [0.15, 0.2) is 0 Å². The third-order valence-corrected chi connectivity index (χ3v) is 6.35. The number of benzene rings is 2. The number of esters is 2. The Labute approximate surface area is 217 Å². The quantitative estimate of drug-likeness (QED) is 0.206. The van der Waals surface area contributed by atoms with E-state index in [0.717, 1.165) is 63.0 Å². The van der Waals surface area contributed by atoms with Gasteiger partial charge in [-0.2, -0.15) is 0 Å². The van der Waals surface area contributed by atoms with Crippen LogP contribution in [0.15, 0.2) is 60.7 Å². The summed E-state index contributed by atoms with van der Waals surface area (Å²) in [5.74, 6) is -0.381. The summed E-state index contributed by atoms with van der Waals surface area (Å²) in [6, 6.07) is 20.0. The topological polar surface area (TPSA) is 59.1 Å². The molecule has 36 heavy (non-hydrogen) atoms. The standard InChI is InChI=1S/C30H44N2O4/c1-3-31(4-2)21-11-12-22-32(23-17-29(33)35-25-19-27-13-7-5-8-14-27)24-18-30(34)36-26-20-28-15-9-6-10-16-28/h5-10,13-16H,3-4,11-12,17-26H2,1-2H3. The number of nitrogens with zero attached hydrogens (tertiary/aromatic N) is 2. The lowest BCUT2D eigenvalue weighted by atomic mass is 10.2. The van der Waals surface area contributed by atoms with Crippen LogP contribution in [0.4, 0.5) is 0 Å². The molecule has 0 spiro atoms. The van der Waals surface area contributed by atoms with Crippen LogP contribution >= 0.6 is 0 Å². The molecule has 0 saturated carbocycles. The molecular formula is C30H44N2O4. The van der Waals surface area contributed by atoms with Gasteiger partial charge in [-0.3, -0.25) is 9.59 Å². The molecule has 6 heteroatoms. The molecule has 0 amide bonds. The van der Waals surface area contributed by atoms with Crippen molar-refractivity contribution < 1.29 is 19.1 Å². The van der Waals surface area contributed by atoms with Crippen molar-refractivity contribution in [3.05, 3.63) is 71.8 Å². The van der Waals surface area contributed by atoms with E-state index >= 15 is 0 Å². The molecule has 0 heterocycles. The van der Waals surface area contributed by atoms with Crippen molar-refractivity contribution in [2.45, 2.75) is 52.4 Å². The normalized spacial score (nSPS) is 11.1. The fourth-order valence-corrected chi connectivity index (χ4v) is 4.04. The lowest BCUT2D eigenvalue weighted by Gasteiger charge is -2.23. The fourth-order valence-electron chi connectivity index (χ4n) is 4.04. The fraction of sp³-hybridized carbons (Fsp3) is 0.533.